The SMILES string of the molecule is Cc1noc([C@@H]2CN(C(=O)c3cc(C(C)C)nn3C)CCN2C)n1. The predicted octanol–water partition coefficient (Wildman–Crippen LogP) is 1.36. The molecule has 2 aromatic heterocycles. The van der Waals surface area contributed by atoms with Gasteiger partial charge in [-0.05, 0) is 26.0 Å². The first-order valence-electron chi connectivity index (χ1n) is 8.20. The molecule has 1 fully saturated rings. The van der Waals surface area contributed by atoms with Gasteiger partial charge in [0.05, 0.1) is 5.69 Å². The van der Waals surface area contributed by atoms with E-state index in [1.54, 1.807) is 11.6 Å². The second-order valence-corrected chi connectivity index (χ2v) is 6.66. The van der Waals surface area contributed by atoms with Crippen molar-refractivity contribution in [2.45, 2.75) is 32.7 Å². The molecular formula is C16H24N6O2. The van der Waals surface area contributed by atoms with Gasteiger partial charge >= 0.3 is 0 Å². The minimum absolute atomic E-state index is 0.00811. The van der Waals surface area contributed by atoms with Crippen molar-refractivity contribution in [3.8, 4) is 0 Å². The average Bonchev–Trinajstić information content (AvgIpc) is 3.13. The Hall–Kier alpha value is -2.22. The molecule has 8 nitrogen and oxygen atoms in total. The molecule has 8 heteroatoms. The molecule has 0 bridgehead atoms. The van der Waals surface area contributed by atoms with Crippen molar-refractivity contribution >= 4 is 5.91 Å². The maximum Gasteiger partial charge on any atom is 0.272 e. The molecule has 1 aliphatic heterocycles. The molecule has 0 spiro atoms. The molecule has 0 N–H and O–H groups in total. The molecule has 0 aromatic carbocycles. The van der Waals surface area contributed by atoms with Crippen LogP contribution in [0.1, 0.15) is 53.7 Å². The molecule has 3 heterocycles. The number of carbonyl (C=O) groups is 1. The summed E-state index contributed by atoms with van der Waals surface area (Å²) < 4.78 is 6.98. The molecule has 2 aromatic rings. The quantitative estimate of drug-likeness (QED) is 0.844. The largest absolute Gasteiger partial charge is 0.338 e. The van der Waals surface area contributed by atoms with Crippen LogP contribution in [0.5, 0.6) is 0 Å². The van der Waals surface area contributed by atoms with Crippen molar-refractivity contribution in [3.63, 3.8) is 0 Å². The van der Waals surface area contributed by atoms with E-state index in [1.807, 2.05) is 25.1 Å². The van der Waals surface area contributed by atoms with E-state index >= 15 is 0 Å². The van der Waals surface area contributed by atoms with Crippen LogP contribution in [0.4, 0.5) is 0 Å². The van der Waals surface area contributed by atoms with Crippen molar-refractivity contribution < 1.29 is 9.32 Å². The zero-order chi connectivity index (χ0) is 17.4. The van der Waals surface area contributed by atoms with E-state index in [-0.39, 0.29) is 11.9 Å². The smallest absolute Gasteiger partial charge is 0.272 e. The van der Waals surface area contributed by atoms with Crippen molar-refractivity contribution in [1.82, 2.24) is 29.7 Å². The highest BCUT2D eigenvalue weighted by Crippen LogP contribution is 2.24. The fraction of sp³-hybridized carbons (Fsp3) is 0.625. The Balaban J connectivity index is 1.80. The summed E-state index contributed by atoms with van der Waals surface area (Å²) in [5.41, 5.74) is 1.54. The fourth-order valence-electron chi connectivity index (χ4n) is 2.91. The van der Waals surface area contributed by atoms with E-state index < -0.39 is 0 Å². The number of piperazine rings is 1. The van der Waals surface area contributed by atoms with Gasteiger partial charge < -0.3 is 9.42 Å². The van der Waals surface area contributed by atoms with Gasteiger partial charge in [0.15, 0.2) is 5.82 Å². The molecule has 1 atom stereocenters. The minimum atomic E-state index is -0.0818. The zero-order valence-electron chi connectivity index (χ0n) is 14.9. The van der Waals surface area contributed by atoms with Crippen molar-refractivity contribution in [1.29, 1.82) is 0 Å². The van der Waals surface area contributed by atoms with E-state index in [9.17, 15) is 4.79 Å². The Kier molecular flexibility index (Phi) is 4.40. The lowest BCUT2D eigenvalue weighted by Gasteiger charge is -2.37. The molecule has 1 aliphatic rings. The second-order valence-electron chi connectivity index (χ2n) is 6.66. The second kappa shape index (κ2) is 6.35. The predicted molar refractivity (Wildman–Crippen MR) is 87.6 cm³/mol. The van der Waals surface area contributed by atoms with Crippen molar-refractivity contribution in [2.24, 2.45) is 7.05 Å². The number of nitrogens with zero attached hydrogens (tertiary/aromatic N) is 6. The normalized spacial score (nSPS) is 19.2. The topological polar surface area (TPSA) is 80.3 Å². The molecule has 130 valence electrons. The van der Waals surface area contributed by atoms with E-state index in [0.717, 1.165) is 12.2 Å². The van der Waals surface area contributed by atoms with E-state index in [1.165, 1.54) is 0 Å². The maximum absolute atomic E-state index is 12.9. The molecule has 0 aliphatic carbocycles. The van der Waals surface area contributed by atoms with Gasteiger partial charge in [-0.25, -0.2) is 0 Å². The number of hydrogen-bond acceptors (Lipinski definition) is 6. The Morgan fingerprint density at radius 1 is 1.33 bits per heavy atom. The van der Waals surface area contributed by atoms with Gasteiger partial charge in [0.25, 0.3) is 5.91 Å². The van der Waals surface area contributed by atoms with Crippen LogP contribution < -0.4 is 0 Å². The number of rotatable bonds is 3. The van der Waals surface area contributed by atoms with Crippen LogP contribution in [0.25, 0.3) is 0 Å². The van der Waals surface area contributed by atoms with Crippen molar-refractivity contribution in [2.75, 3.05) is 26.7 Å². The summed E-state index contributed by atoms with van der Waals surface area (Å²) in [7, 11) is 3.82. The molecule has 0 saturated carbocycles. The Bertz CT molecular complexity index is 735. The van der Waals surface area contributed by atoms with Crippen LogP contribution in [-0.4, -0.2) is 62.3 Å². The van der Waals surface area contributed by atoms with Crippen LogP contribution in [0, 0.1) is 6.92 Å². The fourth-order valence-corrected chi connectivity index (χ4v) is 2.91. The number of hydrogen-bond donors (Lipinski definition) is 0. The molecule has 3 rings (SSSR count). The first kappa shape index (κ1) is 16.6. The number of amides is 1. The van der Waals surface area contributed by atoms with Gasteiger partial charge in [0, 0.05) is 26.7 Å². The summed E-state index contributed by atoms with van der Waals surface area (Å²) in [6.45, 7) is 7.88. The van der Waals surface area contributed by atoms with Crippen LogP contribution in [0.15, 0.2) is 10.6 Å². The Morgan fingerprint density at radius 3 is 2.67 bits per heavy atom. The lowest BCUT2D eigenvalue weighted by atomic mass is 10.1. The maximum atomic E-state index is 12.9. The van der Waals surface area contributed by atoms with Gasteiger partial charge in [-0.3, -0.25) is 14.4 Å². The number of aryl methyl sites for hydroxylation is 2. The Labute approximate surface area is 141 Å². The molecule has 1 saturated heterocycles. The lowest BCUT2D eigenvalue weighted by Crippen LogP contribution is -2.49. The standard InChI is InChI=1S/C16H24N6O2/c1-10(2)12-8-13(21(5)18-12)16(23)22-7-6-20(4)14(9-22)15-17-11(3)19-24-15/h8,10,14H,6-7,9H2,1-5H3/t14-/m0/s1. The molecular weight excluding hydrogens is 308 g/mol. The van der Waals surface area contributed by atoms with Crippen LogP contribution in [-0.2, 0) is 7.05 Å². The molecule has 0 unspecified atom stereocenters. The molecule has 0 radical (unpaired) electrons. The van der Waals surface area contributed by atoms with Gasteiger partial charge in [-0.1, -0.05) is 19.0 Å². The third kappa shape index (κ3) is 3.06. The summed E-state index contributed by atoms with van der Waals surface area (Å²) in [5, 5.41) is 8.30. The van der Waals surface area contributed by atoms with Gasteiger partial charge in [0.2, 0.25) is 5.89 Å². The highest BCUT2D eigenvalue weighted by atomic mass is 16.5. The zero-order valence-corrected chi connectivity index (χ0v) is 14.9. The van der Waals surface area contributed by atoms with E-state index in [4.69, 9.17) is 4.52 Å². The summed E-state index contributed by atoms with van der Waals surface area (Å²) in [5.74, 6) is 1.45. The first-order valence-corrected chi connectivity index (χ1v) is 8.20. The Morgan fingerprint density at radius 2 is 2.08 bits per heavy atom. The number of carbonyl (C=O) groups excluding carboxylic acids is 1. The van der Waals surface area contributed by atoms with Gasteiger partial charge in [-0.15, -0.1) is 0 Å². The summed E-state index contributed by atoms with van der Waals surface area (Å²) >= 11 is 0. The summed E-state index contributed by atoms with van der Waals surface area (Å²) in [4.78, 5) is 21.2. The monoisotopic (exact) mass is 332 g/mol. The number of likely N-dealkylation sites (N-methyl/N-ethyl adjacent to an activating group) is 1. The lowest BCUT2D eigenvalue weighted by molar-refractivity contribution is 0.0479. The molecule has 1 amide bonds. The highest BCUT2D eigenvalue weighted by molar-refractivity contribution is 5.92. The highest BCUT2D eigenvalue weighted by Gasteiger charge is 2.33. The molecule has 24 heavy (non-hydrogen) atoms. The van der Waals surface area contributed by atoms with Crippen LogP contribution in [0.2, 0.25) is 0 Å². The average molecular weight is 332 g/mol. The minimum Gasteiger partial charge on any atom is -0.338 e. The summed E-state index contributed by atoms with van der Waals surface area (Å²) in [6.07, 6.45) is 0. The van der Waals surface area contributed by atoms with E-state index in [2.05, 4.69) is 34.0 Å². The van der Waals surface area contributed by atoms with Crippen LogP contribution in [0.3, 0.4) is 0 Å². The first-order chi connectivity index (χ1) is 11.4. The van der Waals surface area contributed by atoms with Gasteiger partial charge in [-0.2, -0.15) is 10.1 Å². The van der Waals surface area contributed by atoms with Crippen molar-refractivity contribution in [3.05, 3.63) is 29.2 Å². The van der Waals surface area contributed by atoms with Gasteiger partial charge in [0.1, 0.15) is 11.7 Å². The third-order valence-corrected chi connectivity index (χ3v) is 4.47. The van der Waals surface area contributed by atoms with Crippen LogP contribution >= 0.6 is 0 Å². The third-order valence-electron chi connectivity index (χ3n) is 4.47. The summed E-state index contributed by atoms with van der Waals surface area (Å²) in [6, 6.07) is 1.80. The number of aromatic nitrogens is 4. The van der Waals surface area contributed by atoms with E-state index in [0.29, 0.717) is 36.4 Å².